The van der Waals surface area contributed by atoms with Gasteiger partial charge in [0.15, 0.2) is 11.5 Å². The lowest BCUT2D eigenvalue weighted by Crippen LogP contribution is -2.56. The lowest BCUT2D eigenvalue weighted by Gasteiger charge is -2.43. The third-order valence-electron chi connectivity index (χ3n) is 6.98. The van der Waals surface area contributed by atoms with Crippen molar-refractivity contribution in [2.75, 3.05) is 52.6 Å². The molecule has 5 rings (SSSR count). The van der Waals surface area contributed by atoms with E-state index in [1.165, 1.54) is 17.5 Å². The first kappa shape index (κ1) is 22.0. The Morgan fingerprint density at radius 1 is 0.939 bits per heavy atom. The van der Waals surface area contributed by atoms with Crippen LogP contribution in [0.25, 0.3) is 0 Å². The van der Waals surface area contributed by atoms with Gasteiger partial charge in [0.25, 0.3) is 0 Å². The van der Waals surface area contributed by atoms with Crippen molar-refractivity contribution in [2.45, 2.75) is 31.8 Å². The van der Waals surface area contributed by atoms with Gasteiger partial charge in [-0.05, 0) is 42.5 Å². The van der Waals surface area contributed by atoms with Crippen molar-refractivity contribution < 1.29 is 14.3 Å². The smallest absolute Gasteiger partial charge is 0.317 e. The third-order valence-corrected chi connectivity index (χ3v) is 6.98. The molecule has 7 nitrogen and oxygen atoms in total. The summed E-state index contributed by atoms with van der Waals surface area (Å²) in [6.45, 7) is 7.84. The predicted octanol–water partition coefficient (Wildman–Crippen LogP) is 2.95. The number of fused-ring (bicyclic) bond motifs is 1. The summed E-state index contributed by atoms with van der Waals surface area (Å²) in [6.07, 6.45) is 3.12. The number of carbonyl (C=O) groups excluding carboxylic acids is 1. The lowest BCUT2D eigenvalue weighted by molar-refractivity contribution is 0.0581. The molecular weight excluding hydrogens is 416 g/mol. The van der Waals surface area contributed by atoms with Gasteiger partial charge in [0, 0.05) is 58.4 Å². The topological polar surface area (TPSA) is 57.3 Å². The van der Waals surface area contributed by atoms with Gasteiger partial charge in [-0.15, -0.1) is 0 Å². The summed E-state index contributed by atoms with van der Waals surface area (Å²) in [7, 11) is 0. The SMILES string of the molecule is O=C(NCCc1ccccc1)N1CCC[C@H](N2CCN(Cc3ccc4c(c3)OCO4)CC2)C1. The molecule has 3 heterocycles. The number of carbonyl (C=O) groups is 1. The van der Waals surface area contributed by atoms with Gasteiger partial charge < -0.3 is 19.7 Å². The number of rotatable bonds is 6. The van der Waals surface area contributed by atoms with Crippen molar-refractivity contribution in [3.8, 4) is 11.5 Å². The highest BCUT2D eigenvalue weighted by Crippen LogP contribution is 2.33. The van der Waals surface area contributed by atoms with Crippen LogP contribution in [0.5, 0.6) is 11.5 Å². The van der Waals surface area contributed by atoms with E-state index in [0.29, 0.717) is 19.4 Å². The maximum Gasteiger partial charge on any atom is 0.317 e. The fourth-order valence-corrected chi connectivity index (χ4v) is 5.09. The highest BCUT2D eigenvalue weighted by Gasteiger charge is 2.30. The average molecular weight is 451 g/mol. The Bertz CT molecular complexity index is 930. The summed E-state index contributed by atoms with van der Waals surface area (Å²) in [5, 5.41) is 3.12. The van der Waals surface area contributed by atoms with Crippen LogP contribution in [0, 0.1) is 0 Å². The van der Waals surface area contributed by atoms with E-state index in [1.807, 2.05) is 29.2 Å². The summed E-state index contributed by atoms with van der Waals surface area (Å²) in [5.41, 5.74) is 2.52. The number of hydrogen-bond acceptors (Lipinski definition) is 5. The molecule has 2 saturated heterocycles. The van der Waals surface area contributed by atoms with E-state index in [0.717, 1.165) is 70.2 Å². The minimum absolute atomic E-state index is 0.0806. The molecule has 2 fully saturated rings. The molecule has 7 heteroatoms. The number of benzene rings is 2. The second-order valence-corrected chi connectivity index (χ2v) is 9.21. The standard InChI is InChI=1S/C26H34N4O3/c31-26(27-11-10-21-5-2-1-3-6-21)30-12-4-7-23(19-30)29-15-13-28(14-16-29)18-22-8-9-24-25(17-22)33-20-32-24/h1-3,5-6,8-9,17,23H,4,7,10-16,18-20H2,(H,27,31)/t23-/m0/s1. The summed E-state index contributed by atoms with van der Waals surface area (Å²) in [5.74, 6) is 1.70. The molecule has 0 aliphatic carbocycles. The van der Waals surface area contributed by atoms with Gasteiger partial charge in [0.2, 0.25) is 6.79 Å². The van der Waals surface area contributed by atoms with Gasteiger partial charge >= 0.3 is 6.03 Å². The normalized spacial score (nSPS) is 21.2. The van der Waals surface area contributed by atoms with Gasteiger partial charge in [0.1, 0.15) is 0 Å². The molecule has 3 aliphatic heterocycles. The van der Waals surface area contributed by atoms with E-state index in [-0.39, 0.29) is 6.03 Å². The summed E-state index contributed by atoms with van der Waals surface area (Å²) < 4.78 is 10.9. The number of amides is 2. The van der Waals surface area contributed by atoms with Gasteiger partial charge in [0.05, 0.1) is 0 Å². The molecule has 0 saturated carbocycles. The molecule has 33 heavy (non-hydrogen) atoms. The minimum Gasteiger partial charge on any atom is -0.454 e. The molecule has 0 spiro atoms. The van der Waals surface area contributed by atoms with E-state index in [2.05, 4.69) is 39.4 Å². The second-order valence-electron chi connectivity index (χ2n) is 9.21. The van der Waals surface area contributed by atoms with Gasteiger partial charge in [-0.25, -0.2) is 4.79 Å². The number of ether oxygens (including phenoxy) is 2. The number of piperidine rings is 1. The second kappa shape index (κ2) is 10.4. The minimum atomic E-state index is 0.0806. The monoisotopic (exact) mass is 450 g/mol. The number of nitrogens with zero attached hydrogens (tertiary/aromatic N) is 3. The lowest BCUT2D eigenvalue weighted by atomic mass is 10.0. The van der Waals surface area contributed by atoms with E-state index >= 15 is 0 Å². The fourth-order valence-electron chi connectivity index (χ4n) is 5.09. The molecule has 0 unspecified atom stereocenters. The first-order valence-corrected chi connectivity index (χ1v) is 12.2. The zero-order valence-corrected chi connectivity index (χ0v) is 19.2. The molecule has 2 aromatic carbocycles. The molecule has 0 aromatic heterocycles. The van der Waals surface area contributed by atoms with Crippen LogP contribution >= 0.6 is 0 Å². The zero-order valence-electron chi connectivity index (χ0n) is 19.2. The highest BCUT2D eigenvalue weighted by molar-refractivity contribution is 5.74. The van der Waals surface area contributed by atoms with E-state index in [1.54, 1.807) is 0 Å². The Kier molecular flexibility index (Phi) is 6.98. The summed E-state index contributed by atoms with van der Waals surface area (Å²) in [4.78, 5) is 19.8. The van der Waals surface area contributed by atoms with Crippen LogP contribution in [0.15, 0.2) is 48.5 Å². The maximum absolute atomic E-state index is 12.7. The number of nitrogens with one attached hydrogen (secondary N) is 1. The third kappa shape index (κ3) is 5.60. The average Bonchev–Trinajstić information content (AvgIpc) is 3.33. The van der Waals surface area contributed by atoms with Crippen LogP contribution in [0.3, 0.4) is 0 Å². The first-order chi connectivity index (χ1) is 16.2. The van der Waals surface area contributed by atoms with Crippen molar-refractivity contribution in [3.05, 3.63) is 59.7 Å². The number of urea groups is 1. The molecule has 2 amide bonds. The van der Waals surface area contributed by atoms with E-state index in [9.17, 15) is 4.79 Å². The molecule has 1 N–H and O–H groups in total. The Labute approximate surface area is 196 Å². The Morgan fingerprint density at radius 2 is 1.76 bits per heavy atom. The van der Waals surface area contributed by atoms with Crippen molar-refractivity contribution in [3.63, 3.8) is 0 Å². The van der Waals surface area contributed by atoms with Crippen molar-refractivity contribution >= 4 is 6.03 Å². The van der Waals surface area contributed by atoms with Gasteiger partial charge in [-0.3, -0.25) is 9.80 Å². The molecule has 0 bridgehead atoms. The van der Waals surface area contributed by atoms with Crippen LogP contribution in [0.2, 0.25) is 0 Å². The highest BCUT2D eigenvalue weighted by atomic mass is 16.7. The zero-order chi connectivity index (χ0) is 22.5. The molecule has 1 atom stereocenters. The molecule has 3 aliphatic rings. The quantitative estimate of drug-likeness (QED) is 0.733. The van der Waals surface area contributed by atoms with Gasteiger partial charge in [-0.1, -0.05) is 36.4 Å². The first-order valence-electron chi connectivity index (χ1n) is 12.2. The van der Waals surface area contributed by atoms with Crippen LogP contribution < -0.4 is 14.8 Å². The van der Waals surface area contributed by atoms with E-state index < -0.39 is 0 Å². The predicted molar refractivity (Wildman–Crippen MR) is 128 cm³/mol. The summed E-state index contributed by atoms with van der Waals surface area (Å²) >= 11 is 0. The number of hydrogen-bond donors (Lipinski definition) is 1. The van der Waals surface area contributed by atoms with Crippen molar-refractivity contribution in [1.82, 2.24) is 20.0 Å². The van der Waals surface area contributed by atoms with Crippen LogP contribution in [-0.4, -0.2) is 79.4 Å². The van der Waals surface area contributed by atoms with Crippen molar-refractivity contribution in [1.29, 1.82) is 0 Å². The van der Waals surface area contributed by atoms with Crippen LogP contribution in [-0.2, 0) is 13.0 Å². The summed E-state index contributed by atoms with van der Waals surface area (Å²) in [6, 6.07) is 17.1. The van der Waals surface area contributed by atoms with Crippen molar-refractivity contribution in [2.24, 2.45) is 0 Å². The van der Waals surface area contributed by atoms with E-state index in [4.69, 9.17) is 9.47 Å². The van der Waals surface area contributed by atoms with Crippen LogP contribution in [0.4, 0.5) is 4.79 Å². The number of piperazine rings is 1. The largest absolute Gasteiger partial charge is 0.454 e. The van der Waals surface area contributed by atoms with Crippen LogP contribution in [0.1, 0.15) is 24.0 Å². The molecule has 0 radical (unpaired) electrons. The maximum atomic E-state index is 12.7. The Balaban J connectivity index is 1.06. The number of likely N-dealkylation sites (tertiary alicyclic amines) is 1. The fraction of sp³-hybridized carbons (Fsp3) is 0.500. The Hall–Kier alpha value is -2.77. The Morgan fingerprint density at radius 3 is 2.61 bits per heavy atom. The molecule has 2 aromatic rings. The molecule has 176 valence electrons. The molecular formula is C26H34N4O3. The van der Waals surface area contributed by atoms with Gasteiger partial charge in [-0.2, -0.15) is 0 Å².